The molecule has 0 aromatic heterocycles. The van der Waals surface area contributed by atoms with Crippen LogP contribution >= 0.6 is 23.2 Å². The van der Waals surface area contributed by atoms with Crippen molar-refractivity contribution in [2.24, 2.45) is 16.6 Å². The number of nitrogens with zero attached hydrogens (tertiary/aromatic N) is 1. The van der Waals surface area contributed by atoms with Crippen molar-refractivity contribution in [1.29, 1.82) is 0 Å². The smallest absolute Gasteiger partial charge is 0.285 e. The maximum atomic E-state index is 10.5. The third-order valence-electron chi connectivity index (χ3n) is 1.48. The van der Waals surface area contributed by atoms with Crippen molar-refractivity contribution < 1.29 is 4.79 Å². The number of hydrogen-bond acceptors (Lipinski definition) is 3. The standard InChI is InChI=1S/C8H8Cl2N4O/c9-4-1-2-6(5(10)3-4)13-14-7(11)8(12)15/h1-3,13H,(H2,11,14)(H2,12,15). The van der Waals surface area contributed by atoms with E-state index in [1.807, 2.05) is 0 Å². The van der Waals surface area contributed by atoms with Gasteiger partial charge in [0.15, 0.2) is 0 Å². The highest BCUT2D eigenvalue weighted by Crippen LogP contribution is 2.25. The molecule has 15 heavy (non-hydrogen) atoms. The van der Waals surface area contributed by atoms with E-state index < -0.39 is 5.91 Å². The Morgan fingerprint density at radius 3 is 2.53 bits per heavy atom. The predicted octanol–water partition coefficient (Wildman–Crippen LogP) is 1.16. The minimum Gasteiger partial charge on any atom is -0.378 e. The van der Waals surface area contributed by atoms with Crippen LogP contribution in [0.5, 0.6) is 0 Å². The molecule has 1 aromatic rings. The minimum absolute atomic E-state index is 0.332. The Morgan fingerprint density at radius 1 is 1.33 bits per heavy atom. The van der Waals surface area contributed by atoms with E-state index in [-0.39, 0.29) is 5.84 Å². The normalized spacial score (nSPS) is 11.2. The van der Waals surface area contributed by atoms with Crippen molar-refractivity contribution in [1.82, 2.24) is 0 Å². The molecule has 80 valence electrons. The number of rotatable bonds is 2. The van der Waals surface area contributed by atoms with E-state index in [1.165, 1.54) is 6.07 Å². The van der Waals surface area contributed by atoms with Gasteiger partial charge in [-0.2, -0.15) is 5.10 Å². The van der Waals surface area contributed by atoms with Crippen molar-refractivity contribution in [3.8, 4) is 0 Å². The number of amides is 1. The summed E-state index contributed by atoms with van der Waals surface area (Å²) in [7, 11) is 0. The Bertz CT molecular complexity index is 419. The van der Waals surface area contributed by atoms with E-state index in [0.29, 0.717) is 15.7 Å². The second kappa shape index (κ2) is 4.86. The number of anilines is 1. The van der Waals surface area contributed by atoms with Crippen LogP contribution in [0.3, 0.4) is 0 Å². The van der Waals surface area contributed by atoms with E-state index in [2.05, 4.69) is 10.5 Å². The molecule has 0 fully saturated rings. The van der Waals surface area contributed by atoms with Gasteiger partial charge < -0.3 is 11.5 Å². The maximum Gasteiger partial charge on any atom is 0.285 e. The number of nitrogens with two attached hydrogens (primary N) is 2. The molecule has 5 N–H and O–H groups in total. The Labute approximate surface area is 96.0 Å². The number of hydrogen-bond donors (Lipinski definition) is 3. The first-order valence-electron chi connectivity index (χ1n) is 3.84. The van der Waals surface area contributed by atoms with Crippen molar-refractivity contribution in [2.75, 3.05) is 5.43 Å². The minimum atomic E-state index is -0.812. The number of amidine groups is 1. The average Bonchev–Trinajstić information content (AvgIpc) is 2.15. The number of nitrogens with one attached hydrogen (secondary N) is 1. The second-order valence-corrected chi connectivity index (χ2v) is 3.44. The first kappa shape index (κ1) is 11.6. The molecule has 0 atom stereocenters. The molecule has 0 aliphatic heterocycles. The molecule has 0 heterocycles. The highest BCUT2D eigenvalue weighted by molar-refractivity contribution is 6.37. The molecule has 0 radical (unpaired) electrons. The summed E-state index contributed by atoms with van der Waals surface area (Å²) in [5.41, 5.74) is 13.0. The highest BCUT2D eigenvalue weighted by Gasteiger charge is 2.02. The lowest BCUT2D eigenvalue weighted by atomic mass is 10.3. The monoisotopic (exact) mass is 246 g/mol. The number of benzene rings is 1. The summed E-state index contributed by atoms with van der Waals surface area (Å²) in [5.74, 6) is -1.14. The van der Waals surface area contributed by atoms with E-state index in [9.17, 15) is 4.79 Å². The molecule has 5 nitrogen and oxygen atoms in total. The highest BCUT2D eigenvalue weighted by atomic mass is 35.5. The second-order valence-electron chi connectivity index (χ2n) is 2.60. The maximum absolute atomic E-state index is 10.5. The lowest BCUT2D eigenvalue weighted by molar-refractivity contribution is -0.112. The molecule has 0 aliphatic rings. The van der Waals surface area contributed by atoms with E-state index >= 15 is 0 Å². The van der Waals surface area contributed by atoms with Gasteiger partial charge in [-0.3, -0.25) is 10.2 Å². The van der Waals surface area contributed by atoms with Gasteiger partial charge in [-0.15, -0.1) is 0 Å². The molecule has 7 heteroatoms. The van der Waals surface area contributed by atoms with Gasteiger partial charge in [0.1, 0.15) is 0 Å². The lowest BCUT2D eigenvalue weighted by Gasteiger charge is -2.03. The summed E-state index contributed by atoms with van der Waals surface area (Å²) in [4.78, 5) is 10.5. The van der Waals surface area contributed by atoms with Crippen LogP contribution < -0.4 is 16.9 Å². The molecular formula is C8H8Cl2N4O. The molecule has 1 rings (SSSR count). The van der Waals surface area contributed by atoms with Crippen molar-refractivity contribution in [3.05, 3.63) is 28.2 Å². The number of carbonyl (C=O) groups is 1. The van der Waals surface area contributed by atoms with Gasteiger partial charge in [-0.25, -0.2) is 0 Å². The molecular weight excluding hydrogens is 239 g/mol. The van der Waals surface area contributed by atoms with E-state index in [0.717, 1.165) is 0 Å². The number of halogens is 2. The SMILES string of the molecule is NC(=O)/C(N)=N/Nc1ccc(Cl)cc1Cl. The van der Waals surface area contributed by atoms with Crippen molar-refractivity contribution in [3.63, 3.8) is 0 Å². The first-order chi connectivity index (χ1) is 7.00. The zero-order valence-corrected chi connectivity index (χ0v) is 9.01. The Kier molecular flexibility index (Phi) is 3.76. The van der Waals surface area contributed by atoms with Gasteiger partial charge in [-0.05, 0) is 18.2 Å². The Morgan fingerprint density at radius 2 is 2.00 bits per heavy atom. The topological polar surface area (TPSA) is 93.5 Å². The Balaban J connectivity index is 2.82. The summed E-state index contributed by atoms with van der Waals surface area (Å²) in [6.07, 6.45) is 0. The van der Waals surface area contributed by atoms with Gasteiger partial charge in [0.05, 0.1) is 10.7 Å². The number of primary amides is 1. The van der Waals surface area contributed by atoms with Gasteiger partial charge in [0.25, 0.3) is 5.91 Å². The van der Waals surface area contributed by atoms with Crippen LogP contribution in [0.15, 0.2) is 23.3 Å². The fraction of sp³-hybridized carbons (Fsp3) is 0. The molecule has 0 unspecified atom stereocenters. The van der Waals surface area contributed by atoms with Crippen LogP contribution in [0.1, 0.15) is 0 Å². The van der Waals surface area contributed by atoms with E-state index in [1.54, 1.807) is 12.1 Å². The summed E-state index contributed by atoms with van der Waals surface area (Å²) in [5, 5.41) is 4.39. The largest absolute Gasteiger partial charge is 0.378 e. The van der Waals surface area contributed by atoms with E-state index in [4.69, 9.17) is 34.7 Å². The van der Waals surface area contributed by atoms with Crippen LogP contribution in [0.25, 0.3) is 0 Å². The van der Waals surface area contributed by atoms with Gasteiger partial charge >= 0.3 is 0 Å². The molecule has 0 bridgehead atoms. The molecule has 0 aliphatic carbocycles. The summed E-state index contributed by atoms with van der Waals surface area (Å²) < 4.78 is 0. The summed E-state index contributed by atoms with van der Waals surface area (Å²) in [6, 6.07) is 4.75. The molecule has 1 aromatic carbocycles. The summed E-state index contributed by atoms with van der Waals surface area (Å²) in [6.45, 7) is 0. The zero-order chi connectivity index (χ0) is 11.4. The van der Waals surface area contributed by atoms with Crippen LogP contribution in [0.4, 0.5) is 5.69 Å². The quantitative estimate of drug-likeness (QED) is 0.416. The molecule has 0 spiro atoms. The molecule has 1 amide bonds. The van der Waals surface area contributed by atoms with Crippen molar-refractivity contribution >= 4 is 40.6 Å². The third-order valence-corrected chi connectivity index (χ3v) is 2.03. The van der Waals surface area contributed by atoms with Crippen molar-refractivity contribution in [2.45, 2.75) is 0 Å². The Hall–Kier alpha value is -1.46. The average molecular weight is 247 g/mol. The van der Waals surface area contributed by atoms with Crippen LogP contribution in [-0.2, 0) is 4.79 Å². The van der Waals surface area contributed by atoms with Gasteiger partial charge in [0, 0.05) is 5.02 Å². The molecule has 0 saturated carbocycles. The number of carbonyl (C=O) groups excluding carboxylic acids is 1. The summed E-state index contributed by atoms with van der Waals surface area (Å²) >= 11 is 11.5. The fourth-order valence-corrected chi connectivity index (χ4v) is 1.21. The fourth-order valence-electron chi connectivity index (χ4n) is 0.756. The van der Waals surface area contributed by atoms with Crippen LogP contribution in [-0.4, -0.2) is 11.7 Å². The molecule has 0 saturated heterocycles. The predicted molar refractivity (Wildman–Crippen MR) is 60.9 cm³/mol. The third kappa shape index (κ3) is 3.30. The zero-order valence-electron chi connectivity index (χ0n) is 7.50. The van der Waals surface area contributed by atoms with Crippen LogP contribution in [0, 0.1) is 0 Å². The lowest BCUT2D eigenvalue weighted by Crippen LogP contribution is -2.31. The first-order valence-corrected chi connectivity index (χ1v) is 4.60. The van der Waals surface area contributed by atoms with Gasteiger partial charge in [-0.1, -0.05) is 23.2 Å². The number of hydrazone groups is 1. The van der Waals surface area contributed by atoms with Crippen LogP contribution in [0.2, 0.25) is 10.0 Å². The van der Waals surface area contributed by atoms with Gasteiger partial charge in [0.2, 0.25) is 5.84 Å².